The molecular formula is C12H22O10. The highest BCUT2D eigenvalue weighted by Gasteiger charge is 2.51. The molecule has 2 fully saturated rings. The Morgan fingerprint density at radius 1 is 0.818 bits per heavy atom. The van der Waals surface area contributed by atoms with Crippen LogP contribution < -0.4 is 0 Å². The zero-order valence-corrected chi connectivity index (χ0v) is 11.6. The molecule has 0 spiro atoms. The summed E-state index contributed by atoms with van der Waals surface area (Å²) in [6, 6.07) is 0. The molecule has 22 heavy (non-hydrogen) atoms. The smallest absolute Gasteiger partial charge is 0.115 e. The predicted molar refractivity (Wildman–Crippen MR) is 67.5 cm³/mol. The molecule has 10 atom stereocenters. The second-order valence-electron chi connectivity index (χ2n) is 5.63. The lowest BCUT2D eigenvalue weighted by Crippen LogP contribution is -2.66. The molecule has 0 saturated carbocycles. The summed E-state index contributed by atoms with van der Waals surface area (Å²) in [5.74, 6) is 0. The van der Waals surface area contributed by atoms with Crippen LogP contribution in [-0.2, 0) is 9.47 Å². The van der Waals surface area contributed by atoms with Crippen molar-refractivity contribution < 1.29 is 50.3 Å². The molecule has 0 aromatic heterocycles. The van der Waals surface area contributed by atoms with Crippen LogP contribution in [0.3, 0.4) is 0 Å². The molecule has 2 unspecified atom stereocenters. The normalized spacial score (nSPS) is 51.5. The Morgan fingerprint density at radius 3 is 2.00 bits per heavy atom. The lowest BCUT2D eigenvalue weighted by atomic mass is 9.87. The van der Waals surface area contributed by atoms with E-state index in [1.807, 2.05) is 0 Å². The second-order valence-corrected chi connectivity index (χ2v) is 5.63. The van der Waals surface area contributed by atoms with E-state index < -0.39 is 67.6 Å². The minimum atomic E-state index is -1.70. The Morgan fingerprint density at radius 2 is 1.41 bits per heavy atom. The van der Waals surface area contributed by atoms with Crippen LogP contribution in [-0.4, -0.2) is 115 Å². The Bertz CT molecular complexity index is 366. The standard InChI is InChI=1S/C12H22O10/c13-1-4-6(16)7(17)9(19)12(22-4)10(20)11-8(18)5(15)3(14)2-21-11/h3-20H,1-2H2/t3-,4-,5+,6+,7+,8-,9-,10?,11-,12?/m1/s1. The number of aliphatic hydroxyl groups excluding tert-OH is 8. The summed E-state index contributed by atoms with van der Waals surface area (Å²) >= 11 is 0. The molecular weight excluding hydrogens is 304 g/mol. The van der Waals surface area contributed by atoms with Crippen molar-refractivity contribution >= 4 is 0 Å². The van der Waals surface area contributed by atoms with Gasteiger partial charge in [-0.1, -0.05) is 0 Å². The molecule has 0 amide bonds. The van der Waals surface area contributed by atoms with Crippen LogP contribution in [0.25, 0.3) is 0 Å². The summed E-state index contributed by atoms with van der Waals surface area (Å²) in [5.41, 5.74) is 0. The van der Waals surface area contributed by atoms with E-state index >= 15 is 0 Å². The van der Waals surface area contributed by atoms with E-state index in [2.05, 4.69) is 0 Å². The number of hydrogen-bond acceptors (Lipinski definition) is 10. The van der Waals surface area contributed by atoms with Gasteiger partial charge in [0.05, 0.1) is 13.2 Å². The number of aliphatic hydroxyl groups is 8. The number of rotatable bonds is 3. The summed E-state index contributed by atoms with van der Waals surface area (Å²) in [7, 11) is 0. The maximum absolute atomic E-state index is 10.2. The van der Waals surface area contributed by atoms with Gasteiger partial charge in [0, 0.05) is 0 Å². The van der Waals surface area contributed by atoms with E-state index in [-0.39, 0.29) is 6.61 Å². The zero-order chi connectivity index (χ0) is 16.6. The van der Waals surface area contributed by atoms with E-state index in [1.54, 1.807) is 0 Å². The summed E-state index contributed by atoms with van der Waals surface area (Å²) in [6.45, 7) is -1.01. The van der Waals surface area contributed by atoms with Crippen LogP contribution in [0.1, 0.15) is 0 Å². The predicted octanol–water partition coefficient (Wildman–Crippen LogP) is -5.33. The van der Waals surface area contributed by atoms with Gasteiger partial charge in [-0.3, -0.25) is 0 Å². The van der Waals surface area contributed by atoms with Crippen molar-refractivity contribution in [3.8, 4) is 0 Å². The topological polar surface area (TPSA) is 180 Å². The highest BCUT2D eigenvalue weighted by atomic mass is 16.6. The van der Waals surface area contributed by atoms with Crippen LogP contribution >= 0.6 is 0 Å². The van der Waals surface area contributed by atoms with Crippen LogP contribution in [0.15, 0.2) is 0 Å². The molecule has 0 aromatic carbocycles. The first-order chi connectivity index (χ1) is 10.3. The summed E-state index contributed by atoms with van der Waals surface area (Å²) in [6.07, 6.45) is -15.2. The fourth-order valence-electron chi connectivity index (χ4n) is 2.73. The maximum Gasteiger partial charge on any atom is 0.115 e. The van der Waals surface area contributed by atoms with Crippen molar-refractivity contribution in [2.45, 2.75) is 61.0 Å². The molecule has 2 heterocycles. The van der Waals surface area contributed by atoms with Gasteiger partial charge in [-0.25, -0.2) is 0 Å². The van der Waals surface area contributed by atoms with Crippen molar-refractivity contribution in [1.29, 1.82) is 0 Å². The highest BCUT2D eigenvalue weighted by Crippen LogP contribution is 2.28. The van der Waals surface area contributed by atoms with Gasteiger partial charge in [-0.2, -0.15) is 0 Å². The number of ether oxygens (including phenoxy) is 2. The van der Waals surface area contributed by atoms with Crippen molar-refractivity contribution in [1.82, 2.24) is 0 Å². The molecule has 8 N–H and O–H groups in total. The summed E-state index contributed by atoms with van der Waals surface area (Å²) < 4.78 is 10.2. The molecule has 10 heteroatoms. The fourth-order valence-corrected chi connectivity index (χ4v) is 2.73. The minimum Gasteiger partial charge on any atom is -0.394 e. The first-order valence-electron chi connectivity index (χ1n) is 6.94. The van der Waals surface area contributed by atoms with Gasteiger partial charge >= 0.3 is 0 Å². The molecule has 2 rings (SSSR count). The third-order valence-electron chi connectivity index (χ3n) is 4.14. The van der Waals surface area contributed by atoms with Gasteiger partial charge in [-0.15, -0.1) is 0 Å². The van der Waals surface area contributed by atoms with E-state index in [4.69, 9.17) is 14.6 Å². The van der Waals surface area contributed by atoms with Crippen LogP contribution in [0.5, 0.6) is 0 Å². The molecule has 0 aliphatic carbocycles. The first kappa shape index (κ1) is 17.9. The lowest BCUT2D eigenvalue weighted by molar-refractivity contribution is -0.279. The molecule has 130 valence electrons. The quantitative estimate of drug-likeness (QED) is 0.249. The largest absolute Gasteiger partial charge is 0.394 e. The SMILES string of the molecule is OC[C@H]1OC(C(O)[C@@H]2OC[C@@H](O)[C@H](O)[C@H]2O)[C@H](O)[C@@H](O)[C@H]1O. The summed E-state index contributed by atoms with van der Waals surface area (Å²) in [5, 5.41) is 77.4. The van der Waals surface area contributed by atoms with Gasteiger partial charge in [0.1, 0.15) is 61.0 Å². The minimum absolute atomic E-state index is 0.350. The van der Waals surface area contributed by atoms with Gasteiger partial charge in [0.25, 0.3) is 0 Å². The monoisotopic (exact) mass is 326 g/mol. The van der Waals surface area contributed by atoms with Gasteiger partial charge < -0.3 is 50.3 Å². The zero-order valence-electron chi connectivity index (χ0n) is 11.6. The third kappa shape index (κ3) is 3.12. The Balaban J connectivity index is 2.12. The molecule has 2 aliphatic rings. The number of hydrogen-bond donors (Lipinski definition) is 8. The van der Waals surface area contributed by atoms with Crippen molar-refractivity contribution in [3.63, 3.8) is 0 Å². The van der Waals surface area contributed by atoms with E-state index in [0.717, 1.165) is 0 Å². The van der Waals surface area contributed by atoms with E-state index in [0.29, 0.717) is 0 Å². The molecule has 10 nitrogen and oxygen atoms in total. The second kappa shape index (κ2) is 7.01. The van der Waals surface area contributed by atoms with Crippen molar-refractivity contribution in [3.05, 3.63) is 0 Å². The van der Waals surface area contributed by atoms with Crippen molar-refractivity contribution in [2.24, 2.45) is 0 Å². The average Bonchev–Trinajstić information content (AvgIpc) is 2.50. The highest BCUT2D eigenvalue weighted by molar-refractivity contribution is 5.00. The average molecular weight is 326 g/mol. The van der Waals surface area contributed by atoms with E-state index in [9.17, 15) is 35.7 Å². The van der Waals surface area contributed by atoms with Crippen LogP contribution in [0, 0.1) is 0 Å². The van der Waals surface area contributed by atoms with Crippen molar-refractivity contribution in [2.75, 3.05) is 13.2 Å². The Labute approximate surface area is 125 Å². The van der Waals surface area contributed by atoms with Gasteiger partial charge in [0.2, 0.25) is 0 Å². The Kier molecular flexibility index (Phi) is 5.72. The van der Waals surface area contributed by atoms with Gasteiger partial charge in [0.15, 0.2) is 0 Å². The molecule has 2 saturated heterocycles. The maximum atomic E-state index is 10.2. The molecule has 0 radical (unpaired) electrons. The van der Waals surface area contributed by atoms with E-state index in [1.165, 1.54) is 0 Å². The molecule has 0 bridgehead atoms. The first-order valence-corrected chi connectivity index (χ1v) is 6.94. The van der Waals surface area contributed by atoms with Gasteiger partial charge in [-0.05, 0) is 0 Å². The lowest BCUT2D eigenvalue weighted by Gasteiger charge is -2.45. The Hall–Kier alpha value is -0.400. The molecule has 0 aromatic rings. The summed E-state index contributed by atoms with van der Waals surface area (Å²) in [4.78, 5) is 0. The third-order valence-corrected chi connectivity index (χ3v) is 4.14. The van der Waals surface area contributed by atoms with Crippen LogP contribution in [0.2, 0.25) is 0 Å². The fraction of sp³-hybridized carbons (Fsp3) is 1.00. The molecule has 2 aliphatic heterocycles. The van der Waals surface area contributed by atoms with Crippen LogP contribution in [0.4, 0.5) is 0 Å².